The van der Waals surface area contributed by atoms with Crippen molar-refractivity contribution in [2.45, 2.75) is 38.0 Å². The molecule has 3 heteroatoms. The van der Waals surface area contributed by atoms with Gasteiger partial charge < -0.3 is 5.11 Å². The topological polar surface area (TPSA) is 37.3 Å². The van der Waals surface area contributed by atoms with Crippen LogP contribution in [0.15, 0.2) is 18.2 Å². The van der Waals surface area contributed by atoms with Gasteiger partial charge in [-0.3, -0.25) is 0 Å². The second-order valence-corrected chi connectivity index (χ2v) is 7.41. The predicted octanol–water partition coefficient (Wildman–Crippen LogP) is 4.58. The van der Waals surface area contributed by atoms with Crippen LogP contribution in [-0.4, -0.2) is 11.1 Å². The Morgan fingerprint density at radius 2 is 1.65 bits per heavy atom. The van der Waals surface area contributed by atoms with Crippen molar-refractivity contribution in [3.63, 3.8) is 0 Å². The number of aromatic carboxylic acids is 1. The van der Waals surface area contributed by atoms with Crippen LogP contribution < -0.4 is 0 Å². The molecular formula is C17H19ClO2. The number of carboxylic acids is 1. The monoisotopic (exact) mass is 290 g/mol. The lowest BCUT2D eigenvalue weighted by molar-refractivity contribution is -0.00275. The minimum absolute atomic E-state index is 0.294. The molecule has 0 aliphatic heterocycles. The molecule has 4 aliphatic carbocycles. The van der Waals surface area contributed by atoms with Gasteiger partial charge in [0.2, 0.25) is 0 Å². The summed E-state index contributed by atoms with van der Waals surface area (Å²) in [6.07, 6.45) is 6.87. The van der Waals surface area contributed by atoms with E-state index < -0.39 is 5.97 Å². The van der Waals surface area contributed by atoms with Crippen molar-refractivity contribution >= 4 is 17.6 Å². The molecule has 4 fully saturated rings. The van der Waals surface area contributed by atoms with Gasteiger partial charge in [-0.25, -0.2) is 4.79 Å². The van der Waals surface area contributed by atoms with E-state index in [2.05, 4.69) is 0 Å². The largest absolute Gasteiger partial charge is 0.478 e. The highest BCUT2D eigenvalue weighted by Crippen LogP contribution is 2.60. The van der Waals surface area contributed by atoms with Gasteiger partial charge in [-0.05, 0) is 79.4 Å². The molecule has 4 bridgehead atoms. The molecular weight excluding hydrogens is 272 g/mol. The minimum Gasteiger partial charge on any atom is -0.478 e. The molecule has 0 saturated heterocycles. The van der Waals surface area contributed by atoms with Gasteiger partial charge in [0.1, 0.15) is 0 Å². The second kappa shape index (κ2) is 4.49. The number of carbonyl (C=O) groups is 1. The van der Waals surface area contributed by atoms with Gasteiger partial charge in [-0.1, -0.05) is 17.7 Å². The van der Waals surface area contributed by atoms with Crippen molar-refractivity contribution in [3.05, 3.63) is 34.3 Å². The van der Waals surface area contributed by atoms with Crippen LogP contribution in [0, 0.1) is 23.7 Å². The third kappa shape index (κ3) is 1.88. The first kappa shape index (κ1) is 12.7. The summed E-state index contributed by atoms with van der Waals surface area (Å²) in [4.78, 5) is 11.0. The van der Waals surface area contributed by atoms with E-state index in [1.807, 2.05) is 6.07 Å². The number of carboxylic acid groups (broad SMARTS) is 1. The summed E-state index contributed by atoms with van der Waals surface area (Å²) in [5.41, 5.74) is 1.49. The lowest BCUT2D eigenvalue weighted by atomic mass is 9.51. The van der Waals surface area contributed by atoms with Gasteiger partial charge >= 0.3 is 5.97 Å². The summed E-state index contributed by atoms with van der Waals surface area (Å²) in [6, 6.07) is 5.32. The van der Waals surface area contributed by atoms with E-state index in [0.717, 1.165) is 23.7 Å². The van der Waals surface area contributed by atoms with Gasteiger partial charge in [0.15, 0.2) is 0 Å². The summed E-state index contributed by atoms with van der Waals surface area (Å²) in [7, 11) is 0. The Morgan fingerprint density at radius 1 is 1.05 bits per heavy atom. The van der Waals surface area contributed by atoms with Crippen molar-refractivity contribution in [2.75, 3.05) is 0 Å². The van der Waals surface area contributed by atoms with E-state index >= 15 is 0 Å². The lowest BCUT2D eigenvalue weighted by Gasteiger charge is -2.54. The Kier molecular flexibility index (Phi) is 2.85. The quantitative estimate of drug-likeness (QED) is 0.866. The van der Waals surface area contributed by atoms with Crippen LogP contribution in [0.4, 0.5) is 0 Å². The molecule has 0 radical (unpaired) electrons. The summed E-state index contributed by atoms with van der Waals surface area (Å²) in [5.74, 6) is 3.12. The van der Waals surface area contributed by atoms with Crippen LogP contribution in [0.25, 0.3) is 0 Å². The van der Waals surface area contributed by atoms with Crippen LogP contribution in [0.3, 0.4) is 0 Å². The van der Waals surface area contributed by atoms with E-state index in [1.165, 1.54) is 37.7 Å². The summed E-state index contributed by atoms with van der Waals surface area (Å²) >= 11 is 6.40. The zero-order chi connectivity index (χ0) is 13.9. The first-order valence-electron chi connectivity index (χ1n) is 7.64. The van der Waals surface area contributed by atoms with Gasteiger partial charge in [-0.2, -0.15) is 0 Å². The number of halogens is 1. The van der Waals surface area contributed by atoms with Crippen molar-refractivity contribution in [2.24, 2.45) is 23.7 Å². The third-order valence-electron chi connectivity index (χ3n) is 5.83. The maximum atomic E-state index is 11.0. The highest BCUT2D eigenvalue weighted by Gasteiger charge is 2.48. The standard InChI is InChI=1S/C17H19ClO2/c18-15-8-11(17(19)20)1-2-14(15)16-12-4-9-3-10(6-12)7-13(16)5-9/h1-2,8-10,12-13,16H,3-7H2,(H,19,20). The Bertz CT molecular complexity index is 538. The molecule has 106 valence electrons. The van der Waals surface area contributed by atoms with Crippen molar-refractivity contribution in [1.82, 2.24) is 0 Å². The minimum atomic E-state index is -0.900. The van der Waals surface area contributed by atoms with E-state index in [1.54, 1.807) is 12.1 Å². The fourth-order valence-corrected chi connectivity index (χ4v) is 5.67. The van der Waals surface area contributed by atoms with Crippen molar-refractivity contribution in [1.29, 1.82) is 0 Å². The van der Waals surface area contributed by atoms with Gasteiger partial charge in [0.25, 0.3) is 0 Å². The molecule has 20 heavy (non-hydrogen) atoms. The maximum Gasteiger partial charge on any atom is 0.335 e. The molecule has 1 N–H and O–H groups in total. The summed E-state index contributed by atoms with van der Waals surface area (Å²) in [5, 5.41) is 9.71. The Morgan fingerprint density at radius 3 is 2.15 bits per heavy atom. The molecule has 0 heterocycles. The lowest BCUT2D eigenvalue weighted by Crippen LogP contribution is -2.43. The second-order valence-electron chi connectivity index (χ2n) is 7.00. The fourth-order valence-electron chi connectivity index (χ4n) is 5.36. The molecule has 4 aliphatic rings. The van der Waals surface area contributed by atoms with Crippen LogP contribution in [0.1, 0.15) is 53.9 Å². The Hall–Kier alpha value is -1.02. The molecule has 2 nitrogen and oxygen atoms in total. The average Bonchev–Trinajstić information content (AvgIpc) is 2.38. The predicted molar refractivity (Wildman–Crippen MR) is 78.2 cm³/mol. The molecule has 0 aromatic heterocycles. The molecule has 5 rings (SSSR count). The molecule has 0 amide bonds. The molecule has 1 aromatic rings. The molecule has 1 aromatic carbocycles. The fraction of sp³-hybridized carbons (Fsp3) is 0.588. The van der Waals surface area contributed by atoms with E-state index in [4.69, 9.17) is 16.7 Å². The first-order chi connectivity index (χ1) is 9.61. The molecule has 4 saturated carbocycles. The Labute approximate surface area is 124 Å². The number of rotatable bonds is 2. The number of hydrogen-bond donors (Lipinski definition) is 1. The third-order valence-corrected chi connectivity index (χ3v) is 6.16. The number of benzene rings is 1. The van der Waals surface area contributed by atoms with E-state index in [9.17, 15) is 4.79 Å². The summed E-state index contributed by atoms with van der Waals surface area (Å²) in [6.45, 7) is 0. The zero-order valence-corrected chi connectivity index (χ0v) is 12.1. The molecule has 0 spiro atoms. The van der Waals surface area contributed by atoms with Crippen LogP contribution in [0.2, 0.25) is 5.02 Å². The highest BCUT2D eigenvalue weighted by molar-refractivity contribution is 6.31. The summed E-state index contributed by atoms with van der Waals surface area (Å²) < 4.78 is 0. The maximum absolute atomic E-state index is 11.0. The zero-order valence-electron chi connectivity index (χ0n) is 11.4. The Balaban J connectivity index is 1.69. The van der Waals surface area contributed by atoms with Crippen LogP contribution in [0.5, 0.6) is 0 Å². The first-order valence-corrected chi connectivity index (χ1v) is 8.02. The van der Waals surface area contributed by atoms with E-state index in [-0.39, 0.29) is 0 Å². The van der Waals surface area contributed by atoms with Crippen LogP contribution in [-0.2, 0) is 0 Å². The van der Waals surface area contributed by atoms with Crippen molar-refractivity contribution < 1.29 is 9.90 Å². The van der Waals surface area contributed by atoms with Crippen molar-refractivity contribution in [3.8, 4) is 0 Å². The normalized spacial score (nSPS) is 38.1. The van der Waals surface area contributed by atoms with Crippen LogP contribution >= 0.6 is 11.6 Å². The SMILES string of the molecule is O=C(O)c1ccc(C2C3CC4CC(C3)CC2C4)c(Cl)c1. The van der Waals surface area contributed by atoms with Gasteiger partial charge in [-0.15, -0.1) is 0 Å². The van der Waals surface area contributed by atoms with E-state index in [0.29, 0.717) is 16.5 Å². The highest BCUT2D eigenvalue weighted by atomic mass is 35.5. The molecule has 0 unspecified atom stereocenters. The smallest absolute Gasteiger partial charge is 0.335 e. The van der Waals surface area contributed by atoms with Gasteiger partial charge in [0.05, 0.1) is 5.56 Å². The average molecular weight is 291 g/mol. The number of hydrogen-bond acceptors (Lipinski definition) is 1. The molecule has 0 atom stereocenters. The van der Waals surface area contributed by atoms with Gasteiger partial charge in [0, 0.05) is 5.02 Å².